The van der Waals surface area contributed by atoms with Gasteiger partial charge >= 0.3 is 0 Å². The molecule has 1 aromatic rings. The van der Waals surface area contributed by atoms with Gasteiger partial charge in [-0.1, -0.05) is 0 Å². The molecule has 6 nitrogen and oxygen atoms in total. The molecule has 7 heteroatoms. The Morgan fingerprint density at radius 1 is 1.18 bits per heavy atom. The Morgan fingerprint density at radius 3 is 2.05 bits per heavy atom. The molecule has 1 aromatic carbocycles. The van der Waals surface area contributed by atoms with Crippen LogP contribution in [0.25, 0.3) is 0 Å². The van der Waals surface area contributed by atoms with E-state index >= 15 is 0 Å². The van der Waals surface area contributed by atoms with Gasteiger partial charge in [0, 0.05) is 19.1 Å². The second-order valence-corrected chi connectivity index (χ2v) is 5.65. The van der Waals surface area contributed by atoms with Crippen LogP contribution in [-0.2, 0) is 6.54 Å². The summed E-state index contributed by atoms with van der Waals surface area (Å²) in [6.07, 6.45) is 0. The van der Waals surface area contributed by atoms with Gasteiger partial charge in [-0.15, -0.1) is 24.0 Å². The highest BCUT2D eigenvalue weighted by atomic mass is 127. The van der Waals surface area contributed by atoms with Gasteiger partial charge < -0.3 is 25.2 Å². The average molecular weight is 423 g/mol. The van der Waals surface area contributed by atoms with Gasteiger partial charge in [-0.05, 0) is 38.5 Å². The number of phenolic OH excluding ortho intramolecular Hbond substituents is 1. The summed E-state index contributed by atoms with van der Waals surface area (Å²) in [6, 6.07) is 3.52. The lowest BCUT2D eigenvalue weighted by atomic mass is 10.1. The van der Waals surface area contributed by atoms with Crippen molar-refractivity contribution >= 4 is 29.9 Å². The highest BCUT2D eigenvalue weighted by Gasteiger charge is 2.13. The number of rotatable bonds is 4. The minimum Gasteiger partial charge on any atom is -0.502 e. The molecule has 0 heterocycles. The molecule has 0 amide bonds. The molecular formula is C15H26IN3O3. The number of ether oxygens (including phenoxy) is 2. The fraction of sp³-hybridized carbons (Fsp3) is 0.533. The van der Waals surface area contributed by atoms with Crippen LogP contribution in [0, 0.1) is 0 Å². The van der Waals surface area contributed by atoms with Gasteiger partial charge in [0.2, 0.25) is 5.75 Å². The molecular weight excluding hydrogens is 397 g/mol. The predicted molar refractivity (Wildman–Crippen MR) is 99.7 cm³/mol. The topological polar surface area (TPSA) is 75.1 Å². The smallest absolute Gasteiger partial charge is 0.200 e. The third-order valence-corrected chi connectivity index (χ3v) is 2.72. The Kier molecular flexibility index (Phi) is 8.36. The van der Waals surface area contributed by atoms with E-state index in [1.807, 2.05) is 0 Å². The van der Waals surface area contributed by atoms with E-state index in [0.29, 0.717) is 24.0 Å². The van der Waals surface area contributed by atoms with E-state index in [4.69, 9.17) is 9.47 Å². The lowest BCUT2D eigenvalue weighted by Gasteiger charge is -2.24. The molecule has 0 fully saturated rings. The Hall–Kier alpha value is -1.38. The van der Waals surface area contributed by atoms with Crippen molar-refractivity contribution in [2.24, 2.45) is 4.99 Å². The van der Waals surface area contributed by atoms with Crippen LogP contribution in [0.15, 0.2) is 17.1 Å². The molecule has 1 rings (SSSR count). The molecule has 0 aliphatic heterocycles. The standard InChI is InChI=1S/C15H25N3O3.HI/c1-15(2,3)18-14(16-4)17-9-10-7-11(20-5)13(19)12(8-10)21-6;/h7-8,19H,9H2,1-6H3,(H2,16,17,18);1H. The maximum absolute atomic E-state index is 9.88. The van der Waals surface area contributed by atoms with Crippen LogP contribution in [0.1, 0.15) is 26.3 Å². The van der Waals surface area contributed by atoms with Crippen LogP contribution < -0.4 is 20.1 Å². The molecule has 0 aliphatic carbocycles. The van der Waals surface area contributed by atoms with E-state index in [9.17, 15) is 5.11 Å². The Bertz CT molecular complexity index is 488. The third-order valence-electron chi connectivity index (χ3n) is 2.72. The molecule has 0 spiro atoms. The van der Waals surface area contributed by atoms with Crippen molar-refractivity contribution in [2.75, 3.05) is 21.3 Å². The highest BCUT2D eigenvalue weighted by molar-refractivity contribution is 14.0. The van der Waals surface area contributed by atoms with Crippen LogP contribution in [-0.4, -0.2) is 37.9 Å². The van der Waals surface area contributed by atoms with Crippen molar-refractivity contribution < 1.29 is 14.6 Å². The molecule has 0 unspecified atom stereocenters. The van der Waals surface area contributed by atoms with Gasteiger partial charge in [0.15, 0.2) is 17.5 Å². The highest BCUT2D eigenvalue weighted by Crippen LogP contribution is 2.36. The molecule has 0 bridgehead atoms. The number of benzene rings is 1. The first-order chi connectivity index (χ1) is 9.80. The third kappa shape index (κ3) is 6.17. The first kappa shape index (κ1) is 20.6. The molecule has 0 atom stereocenters. The van der Waals surface area contributed by atoms with Gasteiger partial charge in [-0.25, -0.2) is 0 Å². The van der Waals surface area contributed by atoms with E-state index in [0.717, 1.165) is 5.56 Å². The molecule has 0 saturated heterocycles. The molecule has 3 N–H and O–H groups in total. The number of hydrogen-bond donors (Lipinski definition) is 3. The van der Waals surface area contributed by atoms with Crippen molar-refractivity contribution in [3.63, 3.8) is 0 Å². The average Bonchev–Trinajstić information content (AvgIpc) is 2.43. The van der Waals surface area contributed by atoms with Crippen molar-refractivity contribution in [3.05, 3.63) is 17.7 Å². The van der Waals surface area contributed by atoms with Crippen LogP contribution in [0.4, 0.5) is 0 Å². The number of nitrogens with zero attached hydrogens (tertiary/aromatic N) is 1. The van der Waals surface area contributed by atoms with Crippen molar-refractivity contribution in [1.82, 2.24) is 10.6 Å². The van der Waals surface area contributed by atoms with Gasteiger partial charge in [-0.3, -0.25) is 4.99 Å². The number of halogens is 1. The van der Waals surface area contributed by atoms with Crippen molar-refractivity contribution in [1.29, 1.82) is 0 Å². The monoisotopic (exact) mass is 423 g/mol. The van der Waals surface area contributed by atoms with Crippen LogP contribution in [0.3, 0.4) is 0 Å². The number of nitrogens with one attached hydrogen (secondary N) is 2. The fourth-order valence-electron chi connectivity index (χ4n) is 1.77. The van der Waals surface area contributed by atoms with Gasteiger partial charge in [-0.2, -0.15) is 0 Å². The predicted octanol–water partition coefficient (Wildman–Crippen LogP) is 2.49. The second-order valence-electron chi connectivity index (χ2n) is 5.65. The van der Waals surface area contributed by atoms with Crippen LogP contribution in [0.5, 0.6) is 17.2 Å². The quantitative estimate of drug-likeness (QED) is 0.394. The first-order valence-corrected chi connectivity index (χ1v) is 6.73. The molecule has 0 radical (unpaired) electrons. The zero-order valence-corrected chi connectivity index (χ0v) is 16.3. The summed E-state index contributed by atoms with van der Waals surface area (Å²) >= 11 is 0. The number of guanidine groups is 1. The summed E-state index contributed by atoms with van der Waals surface area (Å²) in [5.41, 5.74) is 0.838. The summed E-state index contributed by atoms with van der Waals surface area (Å²) < 4.78 is 10.3. The lowest BCUT2D eigenvalue weighted by molar-refractivity contribution is 0.339. The Labute approximate surface area is 149 Å². The number of aliphatic imine (C=N–C) groups is 1. The van der Waals surface area contributed by atoms with Crippen molar-refractivity contribution in [3.8, 4) is 17.2 Å². The maximum Gasteiger partial charge on any atom is 0.200 e. The summed E-state index contributed by atoms with van der Waals surface area (Å²) in [5.74, 6) is 1.46. The zero-order valence-electron chi connectivity index (χ0n) is 14.0. The van der Waals surface area contributed by atoms with E-state index < -0.39 is 0 Å². The van der Waals surface area contributed by atoms with E-state index in [1.165, 1.54) is 14.2 Å². The maximum atomic E-state index is 9.88. The number of hydrogen-bond acceptors (Lipinski definition) is 4. The number of methoxy groups -OCH3 is 2. The molecule has 22 heavy (non-hydrogen) atoms. The summed E-state index contributed by atoms with van der Waals surface area (Å²) in [7, 11) is 4.73. The van der Waals surface area contributed by atoms with E-state index in [2.05, 4.69) is 36.4 Å². The SMILES string of the molecule is CN=C(NCc1cc(OC)c(O)c(OC)c1)NC(C)(C)C.I. The van der Waals surface area contributed by atoms with Gasteiger partial charge in [0.1, 0.15) is 0 Å². The first-order valence-electron chi connectivity index (χ1n) is 6.73. The normalized spacial score (nSPS) is 11.5. The second kappa shape index (κ2) is 8.92. The Morgan fingerprint density at radius 2 is 1.68 bits per heavy atom. The largest absolute Gasteiger partial charge is 0.502 e. The number of phenols is 1. The fourth-order valence-corrected chi connectivity index (χ4v) is 1.77. The summed E-state index contributed by atoms with van der Waals surface area (Å²) in [5, 5.41) is 16.4. The van der Waals surface area contributed by atoms with E-state index in [1.54, 1.807) is 19.2 Å². The van der Waals surface area contributed by atoms with Gasteiger partial charge in [0.05, 0.1) is 14.2 Å². The van der Waals surface area contributed by atoms with Crippen LogP contribution in [0.2, 0.25) is 0 Å². The molecule has 0 aliphatic rings. The molecule has 0 saturated carbocycles. The summed E-state index contributed by atoms with van der Waals surface area (Å²) in [6.45, 7) is 6.72. The van der Waals surface area contributed by atoms with Gasteiger partial charge in [0.25, 0.3) is 0 Å². The minimum atomic E-state index is -0.0772. The minimum absolute atomic E-state index is 0. The lowest BCUT2D eigenvalue weighted by Crippen LogP contribution is -2.47. The summed E-state index contributed by atoms with van der Waals surface area (Å²) in [4.78, 5) is 4.17. The number of aromatic hydroxyl groups is 1. The zero-order chi connectivity index (χ0) is 16.0. The van der Waals surface area contributed by atoms with Crippen molar-refractivity contribution in [2.45, 2.75) is 32.9 Å². The van der Waals surface area contributed by atoms with Crippen LogP contribution >= 0.6 is 24.0 Å². The molecule has 0 aromatic heterocycles. The Balaban J connectivity index is 0.00000441. The van der Waals surface area contributed by atoms with E-state index in [-0.39, 0.29) is 35.3 Å². The molecule has 126 valence electrons.